The van der Waals surface area contributed by atoms with Gasteiger partial charge >= 0.3 is 0 Å². The van der Waals surface area contributed by atoms with Crippen LogP contribution in [0.1, 0.15) is 6.92 Å². The molecule has 1 unspecified atom stereocenters. The minimum absolute atomic E-state index is 0.00221. The molecule has 2 aromatic rings. The molecular formula is C19H21FN2O2. The summed E-state index contributed by atoms with van der Waals surface area (Å²) in [5.41, 5.74) is 0.983. The number of hydrogen-bond acceptors (Lipinski definition) is 3. The Morgan fingerprint density at radius 3 is 2.25 bits per heavy atom. The lowest BCUT2D eigenvalue weighted by atomic mass is 10.2. The van der Waals surface area contributed by atoms with E-state index in [1.165, 1.54) is 12.1 Å². The molecule has 2 aromatic carbocycles. The van der Waals surface area contributed by atoms with Gasteiger partial charge in [0.05, 0.1) is 0 Å². The maximum atomic E-state index is 13.0. The van der Waals surface area contributed by atoms with Crippen LogP contribution >= 0.6 is 0 Å². The summed E-state index contributed by atoms with van der Waals surface area (Å²) in [5, 5.41) is 0. The first kappa shape index (κ1) is 16.3. The number of para-hydroxylation sites is 1. The van der Waals surface area contributed by atoms with E-state index in [0.717, 1.165) is 18.8 Å². The van der Waals surface area contributed by atoms with Gasteiger partial charge in [-0.1, -0.05) is 18.2 Å². The molecule has 1 saturated heterocycles. The minimum atomic E-state index is -0.509. The van der Waals surface area contributed by atoms with Crippen molar-refractivity contribution < 1.29 is 13.9 Å². The summed E-state index contributed by atoms with van der Waals surface area (Å²) in [5.74, 6) is 0.459. The number of amides is 1. The van der Waals surface area contributed by atoms with Crippen molar-refractivity contribution in [1.82, 2.24) is 4.90 Å². The number of piperazine rings is 1. The first-order valence-electron chi connectivity index (χ1n) is 8.14. The summed E-state index contributed by atoms with van der Waals surface area (Å²) in [6, 6.07) is 15.8. The summed E-state index contributed by atoms with van der Waals surface area (Å²) in [6.07, 6.45) is -0.509. The molecule has 4 nitrogen and oxygen atoms in total. The van der Waals surface area contributed by atoms with Crippen LogP contribution in [0.4, 0.5) is 10.1 Å². The Morgan fingerprint density at radius 2 is 1.62 bits per heavy atom. The normalized spacial score (nSPS) is 15.9. The van der Waals surface area contributed by atoms with Crippen molar-refractivity contribution in [3.05, 3.63) is 60.4 Å². The molecule has 5 heteroatoms. The van der Waals surface area contributed by atoms with Gasteiger partial charge in [-0.25, -0.2) is 4.39 Å². The summed E-state index contributed by atoms with van der Waals surface area (Å²) in [6.45, 7) is 4.52. The lowest BCUT2D eigenvalue weighted by molar-refractivity contribution is -0.138. The topological polar surface area (TPSA) is 32.8 Å². The van der Waals surface area contributed by atoms with Gasteiger partial charge in [-0.05, 0) is 43.3 Å². The Kier molecular flexibility index (Phi) is 4.99. The van der Waals surface area contributed by atoms with Crippen LogP contribution in [0.15, 0.2) is 54.6 Å². The number of halogens is 1. The van der Waals surface area contributed by atoms with Gasteiger partial charge < -0.3 is 14.5 Å². The minimum Gasteiger partial charge on any atom is -0.481 e. The number of carbonyl (C=O) groups is 1. The molecule has 1 heterocycles. The van der Waals surface area contributed by atoms with Gasteiger partial charge in [0.15, 0.2) is 6.10 Å². The van der Waals surface area contributed by atoms with E-state index in [-0.39, 0.29) is 11.7 Å². The number of benzene rings is 2. The second kappa shape index (κ2) is 7.34. The monoisotopic (exact) mass is 328 g/mol. The van der Waals surface area contributed by atoms with Gasteiger partial charge in [0.1, 0.15) is 11.6 Å². The molecular weight excluding hydrogens is 307 g/mol. The van der Waals surface area contributed by atoms with E-state index in [1.807, 2.05) is 35.2 Å². The fourth-order valence-electron chi connectivity index (χ4n) is 2.85. The number of rotatable bonds is 4. The Morgan fingerprint density at radius 1 is 1.00 bits per heavy atom. The average molecular weight is 328 g/mol. The van der Waals surface area contributed by atoms with Crippen LogP contribution in [0.25, 0.3) is 0 Å². The quantitative estimate of drug-likeness (QED) is 0.865. The summed E-state index contributed by atoms with van der Waals surface area (Å²) in [4.78, 5) is 16.5. The molecule has 0 aliphatic carbocycles. The highest BCUT2D eigenvalue weighted by molar-refractivity contribution is 5.81. The molecule has 0 spiro atoms. The number of nitrogens with zero attached hydrogens (tertiary/aromatic N) is 2. The van der Waals surface area contributed by atoms with Crippen LogP contribution in [0.2, 0.25) is 0 Å². The summed E-state index contributed by atoms with van der Waals surface area (Å²) >= 11 is 0. The molecule has 1 aliphatic heterocycles. The van der Waals surface area contributed by atoms with Crippen LogP contribution in [0.3, 0.4) is 0 Å². The van der Waals surface area contributed by atoms with Crippen molar-refractivity contribution in [2.75, 3.05) is 31.1 Å². The van der Waals surface area contributed by atoms with Gasteiger partial charge in [0.2, 0.25) is 0 Å². The van der Waals surface area contributed by atoms with Crippen molar-refractivity contribution in [2.45, 2.75) is 13.0 Å². The zero-order valence-electron chi connectivity index (χ0n) is 13.7. The van der Waals surface area contributed by atoms with Crippen molar-refractivity contribution in [1.29, 1.82) is 0 Å². The highest BCUT2D eigenvalue weighted by atomic mass is 19.1. The van der Waals surface area contributed by atoms with Crippen molar-refractivity contribution >= 4 is 11.6 Å². The number of ether oxygens (including phenoxy) is 1. The zero-order valence-corrected chi connectivity index (χ0v) is 13.7. The Hall–Kier alpha value is -2.56. The smallest absolute Gasteiger partial charge is 0.263 e. The summed E-state index contributed by atoms with van der Waals surface area (Å²) < 4.78 is 18.7. The fourth-order valence-corrected chi connectivity index (χ4v) is 2.85. The van der Waals surface area contributed by atoms with Gasteiger partial charge in [0.25, 0.3) is 5.91 Å². The standard InChI is InChI=1S/C19H21FN2O2/c1-15(24-18-5-3-2-4-6-18)19(23)22-13-11-21(12-14-22)17-9-7-16(20)8-10-17/h2-10,15H,11-14H2,1H3. The molecule has 24 heavy (non-hydrogen) atoms. The van der Waals surface area contributed by atoms with Crippen LogP contribution in [-0.4, -0.2) is 43.1 Å². The van der Waals surface area contributed by atoms with Crippen LogP contribution < -0.4 is 9.64 Å². The number of anilines is 1. The lowest BCUT2D eigenvalue weighted by Gasteiger charge is -2.37. The molecule has 0 aromatic heterocycles. The van der Waals surface area contributed by atoms with E-state index in [0.29, 0.717) is 18.8 Å². The predicted octanol–water partition coefficient (Wildman–Crippen LogP) is 2.94. The van der Waals surface area contributed by atoms with E-state index < -0.39 is 6.10 Å². The molecule has 0 saturated carbocycles. The van der Waals surface area contributed by atoms with Gasteiger partial charge in [-0.15, -0.1) is 0 Å². The molecule has 1 amide bonds. The molecule has 3 rings (SSSR count). The first-order valence-corrected chi connectivity index (χ1v) is 8.14. The average Bonchev–Trinajstić information content (AvgIpc) is 2.63. The van der Waals surface area contributed by atoms with Gasteiger partial charge in [0, 0.05) is 31.9 Å². The zero-order chi connectivity index (χ0) is 16.9. The molecule has 0 bridgehead atoms. The largest absolute Gasteiger partial charge is 0.481 e. The van der Waals surface area contributed by atoms with Crippen LogP contribution in [0.5, 0.6) is 5.75 Å². The van der Waals surface area contributed by atoms with Crippen LogP contribution in [0, 0.1) is 5.82 Å². The number of carbonyl (C=O) groups excluding carboxylic acids is 1. The van der Waals surface area contributed by atoms with E-state index in [4.69, 9.17) is 4.74 Å². The maximum absolute atomic E-state index is 13.0. The Balaban J connectivity index is 1.54. The summed E-state index contributed by atoms with van der Waals surface area (Å²) in [7, 11) is 0. The number of hydrogen-bond donors (Lipinski definition) is 0. The highest BCUT2D eigenvalue weighted by Crippen LogP contribution is 2.18. The molecule has 1 atom stereocenters. The van der Waals surface area contributed by atoms with E-state index in [1.54, 1.807) is 19.1 Å². The first-order chi connectivity index (χ1) is 11.6. The van der Waals surface area contributed by atoms with Crippen molar-refractivity contribution in [3.63, 3.8) is 0 Å². The Bertz CT molecular complexity index is 668. The third kappa shape index (κ3) is 3.85. The molecule has 126 valence electrons. The van der Waals surface area contributed by atoms with E-state index in [9.17, 15) is 9.18 Å². The van der Waals surface area contributed by atoms with Crippen LogP contribution in [-0.2, 0) is 4.79 Å². The highest BCUT2D eigenvalue weighted by Gasteiger charge is 2.26. The van der Waals surface area contributed by atoms with E-state index >= 15 is 0 Å². The third-order valence-corrected chi connectivity index (χ3v) is 4.19. The van der Waals surface area contributed by atoms with Gasteiger partial charge in [-0.2, -0.15) is 0 Å². The van der Waals surface area contributed by atoms with Gasteiger partial charge in [-0.3, -0.25) is 4.79 Å². The van der Waals surface area contributed by atoms with Crippen molar-refractivity contribution in [2.24, 2.45) is 0 Å². The third-order valence-electron chi connectivity index (χ3n) is 4.19. The SMILES string of the molecule is CC(Oc1ccccc1)C(=O)N1CCN(c2ccc(F)cc2)CC1. The fraction of sp³-hybridized carbons (Fsp3) is 0.316. The molecule has 1 aliphatic rings. The second-order valence-corrected chi connectivity index (χ2v) is 5.86. The maximum Gasteiger partial charge on any atom is 0.263 e. The molecule has 1 fully saturated rings. The Labute approximate surface area is 141 Å². The molecule has 0 radical (unpaired) electrons. The predicted molar refractivity (Wildman–Crippen MR) is 91.7 cm³/mol. The van der Waals surface area contributed by atoms with E-state index in [2.05, 4.69) is 4.90 Å². The molecule has 0 N–H and O–H groups in total. The second-order valence-electron chi connectivity index (χ2n) is 5.86. The van der Waals surface area contributed by atoms with Crippen molar-refractivity contribution in [3.8, 4) is 5.75 Å². The lowest BCUT2D eigenvalue weighted by Crippen LogP contribution is -2.52.